The first-order chi connectivity index (χ1) is 22.8. The van der Waals surface area contributed by atoms with Crippen molar-refractivity contribution >= 4 is 48.8 Å². The van der Waals surface area contributed by atoms with Gasteiger partial charge in [0.05, 0.1) is 35.2 Å². The van der Waals surface area contributed by atoms with Crippen LogP contribution in [-0.2, 0) is 22.7 Å². The fraction of sp³-hybridized carbons (Fsp3) is 0.458. The molecule has 21 nitrogen and oxygen atoms in total. The molecule has 48 heavy (non-hydrogen) atoms. The molecule has 2 heterocycles. The monoisotopic (exact) mass is 736 g/mol. The molecule has 0 aliphatic carbocycles. The summed E-state index contributed by atoms with van der Waals surface area (Å²) in [6.45, 7) is 0.0823. The van der Waals surface area contributed by atoms with Gasteiger partial charge in [0.1, 0.15) is 17.5 Å². The number of nitro groups is 2. The summed E-state index contributed by atoms with van der Waals surface area (Å²) in [7, 11) is -8.29. The van der Waals surface area contributed by atoms with E-state index < -0.39 is 64.9 Å². The van der Waals surface area contributed by atoms with Crippen LogP contribution >= 0.6 is 25.8 Å². The number of H-pyrrole nitrogens is 1. The minimum atomic E-state index is -2.89. The fourth-order valence-corrected chi connectivity index (χ4v) is 6.07. The average molecular weight is 736 g/mol. The highest BCUT2D eigenvalue weighted by atomic mass is 31.3. The largest absolute Gasteiger partial charge is 0.379 e. The molecule has 0 spiro atoms. The summed E-state index contributed by atoms with van der Waals surface area (Å²) in [5.41, 5.74) is -2.17. The Morgan fingerprint density at radius 3 is 2.56 bits per heavy atom. The Balaban J connectivity index is 1.39. The summed E-state index contributed by atoms with van der Waals surface area (Å²) >= 11 is 0. The topological polar surface area (TPSA) is 300 Å². The quantitative estimate of drug-likeness (QED) is 0.0378. The number of hydrogen-bond acceptors (Lipinski definition) is 16. The van der Waals surface area contributed by atoms with Crippen LogP contribution < -0.4 is 21.9 Å². The van der Waals surface area contributed by atoms with E-state index in [0.29, 0.717) is 38.6 Å². The summed E-state index contributed by atoms with van der Waals surface area (Å²) < 4.78 is 20.7. The second-order valence-electron chi connectivity index (χ2n) is 9.72. The van der Waals surface area contributed by atoms with Crippen molar-refractivity contribution in [2.75, 3.05) is 25.0 Å². The Morgan fingerprint density at radius 2 is 1.85 bits per heavy atom. The first kappa shape index (κ1) is 38.9. The van der Waals surface area contributed by atoms with Gasteiger partial charge in [-0.25, -0.2) is 13.4 Å². The molecule has 4 atom stereocenters. The van der Waals surface area contributed by atoms with Crippen molar-refractivity contribution in [2.24, 2.45) is 0 Å². The van der Waals surface area contributed by atoms with Crippen LogP contribution in [0.3, 0.4) is 0 Å². The van der Waals surface area contributed by atoms with Crippen molar-refractivity contribution < 1.29 is 52.1 Å². The number of amides is 1. The normalized spacial score (nSPS) is 16.9. The Labute approximate surface area is 274 Å². The van der Waals surface area contributed by atoms with E-state index in [-0.39, 0.29) is 42.4 Å². The lowest BCUT2D eigenvalue weighted by Crippen LogP contribution is -2.33. The molecule has 3 rings (SSSR count). The lowest BCUT2D eigenvalue weighted by atomic mass is 10.1. The van der Waals surface area contributed by atoms with Gasteiger partial charge in [0.15, 0.2) is 0 Å². The maximum absolute atomic E-state index is 12.4. The van der Waals surface area contributed by atoms with Crippen LogP contribution in [0.4, 0.5) is 17.1 Å². The van der Waals surface area contributed by atoms with Gasteiger partial charge in [-0.05, 0) is 31.7 Å². The zero-order valence-electron chi connectivity index (χ0n) is 24.8. The van der Waals surface area contributed by atoms with Gasteiger partial charge in [-0.15, -0.1) is 0 Å². The highest BCUT2D eigenvalue weighted by molar-refractivity contribution is 7.60. The van der Waals surface area contributed by atoms with Gasteiger partial charge in [-0.1, -0.05) is 18.3 Å². The number of nitro benzene ring substituents is 2. The van der Waals surface area contributed by atoms with E-state index >= 15 is 0 Å². The number of nitrogens with one attached hydrogen (secondary N) is 3. The fourth-order valence-electron chi connectivity index (χ4n) is 4.22. The van der Waals surface area contributed by atoms with E-state index in [1.54, 1.807) is 0 Å². The zero-order valence-corrected chi connectivity index (χ0v) is 27.5. The number of aromatic nitrogens is 2. The molecule has 1 aliphatic heterocycles. The Hall–Kier alpha value is -3.50. The number of aromatic amines is 1. The van der Waals surface area contributed by atoms with Crippen LogP contribution in [0.15, 0.2) is 34.0 Å². The Morgan fingerprint density at radius 1 is 1.08 bits per heavy atom. The molecule has 0 saturated carbocycles. The van der Waals surface area contributed by atoms with Crippen LogP contribution in [0.2, 0.25) is 0 Å². The minimum Gasteiger partial charge on any atom is -0.379 e. The smallest absolute Gasteiger partial charge is 0.344 e. The van der Waals surface area contributed by atoms with Crippen LogP contribution in [0, 0.1) is 32.1 Å². The van der Waals surface area contributed by atoms with Crippen molar-refractivity contribution in [1.29, 1.82) is 0 Å². The molecule has 2 aromatic rings. The number of unbranched alkanes of at least 4 members (excludes halogenated alkanes) is 2. The van der Waals surface area contributed by atoms with Gasteiger partial charge < -0.3 is 39.5 Å². The molecule has 1 saturated heterocycles. The van der Waals surface area contributed by atoms with Crippen molar-refractivity contribution in [3.8, 4) is 11.8 Å². The lowest BCUT2D eigenvalue weighted by Gasteiger charge is -2.18. The summed E-state index contributed by atoms with van der Waals surface area (Å²) in [5.74, 6) is 4.97. The van der Waals surface area contributed by atoms with Gasteiger partial charge in [-0.2, -0.15) is 0 Å². The second-order valence-corrected chi connectivity index (χ2v) is 12.7. The predicted octanol–water partition coefficient (Wildman–Crippen LogP) is 1.87. The number of non-ortho nitro benzene ring substituents is 1. The first-order valence-corrected chi connectivity index (χ1v) is 17.3. The number of ether oxygens (including phenoxy) is 1. The third kappa shape index (κ3) is 12.8. The molecule has 4 unspecified atom stereocenters. The van der Waals surface area contributed by atoms with Crippen LogP contribution in [-0.4, -0.2) is 70.7 Å². The summed E-state index contributed by atoms with van der Waals surface area (Å²) in [6, 6.07) is 3.33. The van der Waals surface area contributed by atoms with Crippen molar-refractivity contribution in [2.45, 2.75) is 50.9 Å². The number of hydrogen-bond donors (Lipinski definition) is 7. The number of benzene rings is 1. The summed E-state index contributed by atoms with van der Waals surface area (Å²) in [5, 5.41) is 27.5. The van der Waals surface area contributed by atoms with Crippen molar-refractivity contribution in [3.63, 3.8) is 0 Å². The van der Waals surface area contributed by atoms with E-state index in [4.69, 9.17) is 19.0 Å². The molecular formula is C24H31N6O15P3. The van der Waals surface area contributed by atoms with E-state index in [9.17, 15) is 44.4 Å². The number of carbonyl (C=O) groups excluding carboxylic acids is 1. The van der Waals surface area contributed by atoms with Crippen LogP contribution in [0.5, 0.6) is 0 Å². The third-order valence-corrected chi connectivity index (χ3v) is 9.03. The molecule has 1 amide bonds. The Bertz CT molecular complexity index is 1610. The Kier molecular flexibility index (Phi) is 15.8. The molecule has 0 bridgehead atoms. The van der Waals surface area contributed by atoms with Crippen molar-refractivity contribution in [3.05, 3.63) is 71.0 Å². The third-order valence-electron chi connectivity index (χ3n) is 6.40. The average Bonchev–Trinajstić information content (AvgIpc) is 3.49. The summed E-state index contributed by atoms with van der Waals surface area (Å²) in [6.07, 6.45) is 2.47. The summed E-state index contributed by atoms with van der Waals surface area (Å²) in [4.78, 5) is 95.9. The van der Waals surface area contributed by atoms with E-state index in [1.807, 2.05) is 0 Å². The SMILES string of the molecule is O=C(CCCCCNc1ccc([N+](=O)[O-])cc1[N+](=O)[O-])NCC#Cc1cn(C2CCC(COP(O)OP(O)OP(O)O)O2)c(=O)[nH]c1=O. The zero-order chi connectivity index (χ0) is 35.2. The molecule has 0 radical (unpaired) electrons. The maximum atomic E-state index is 12.4. The molecule has 1 aromatic heterocycles. The molecular weight excluding hydrogens is 705 g/mol. The number of anilines is 1. The van der Waals surface area contributed by atoms with Gasteiger partial charge in [0.25, 0.3) is 16.9 Å². The molecule has 1 fully saturated rings. The molecule has 1 aliphatic rings. The van der Waals surface area contributed by atoms with E-state index in [0.717, 1.165) is 10.6 Å². The number of carbonyl (C=O) groups is 1. The van der Waals surface area contributed by atoms with Crippen molar-refractivity contribution in [1.82, 2.24) is 14.9 Å². The second kappa shape index (κ2) is 19.5. The van der Waals surface area contributed by atoms with Gasteiger partial charge in [-0.3, -0.25) is 39.4 Å². The van der Waals surface area contributed by atoms with E-state index in [1.165, 1.54) is 18.3 Å². The molecule has 262 valence electrons. The number of rotatable bonds is 18. The highest BCUT2D eigenvalue weighted by Gasteiger charge is 2.30. The lowest BCUT2D eigenvalue weighted by molar-refractivity contribution is -0.393. The molecule has 1 aromatic carbocycles. The predicted molar refractivity (Wildman–Crippen MR) is 169 cm³/mol. The maximum Gasteiger partial charge on any atom is 0.344 e. The van der Waals surface area contributed by atoms with E-state index in [2.05, 4.69) is 36.1 Å². The number of nitrogens with zero attached hydrogens (tertiary/aromatic N) is 3. The molecule has 24 heteroatoms. The molecule has 7 N–H and O–H groups in total. The van der Waals surface area contributed by atoms with Gasteiger partial charge in [0.2, 0.25) is 5.91 Å². The standard InChI is InChI=1S/C24H31N6O15P3/c31-21(6-2-1-3-11-25-19-9-7-17(29(34)35)13-20(19)30(36)37)26-12-4-5-16-14-28(24(33)27-23(16)32)22-10-8-18(43-22)15-42-47(40)45-48(41)44-46(38)39/h7,9,13-14,18,22,25,38-41H,1-3,6,8,10-12,15H2,(H,26,31)(H,27,32,33). The van der Waals surface area contributed by atoms with Crippen LogP contribution in [0.25, 0.3) is 0 Å². The first-order valence-electron chi connectivity index (χ1n) is 13.9. The van der Waals surface area contributed by atoms with Gasteiger partial charge >= 0.3 is 31.5 Å². The highest BCUT2D eigenvalue weighted by Crippen LogP contribution is 2.55. The minimum absolute atomic E-state index is 0.0517. The van der Waals surface area contributed by atoms with Crippen LogP contribution in [0.1, 0.15) is 50.3 Å². The van der Waals surface area contributed by atoms with Gasteiger partial charge in [0, 0.05) is 25.2 Å².